The summed E-state index contributed by atoms with van der Waals surface area (Å²) in [5, 5.41) is 0. The van der Waals surface area contributed by atoms with Crippen molar-refractivity contribution in [3.05, 3.63) is 57.8 Å². The van der Waals surface area contributed by atoms with Gasteiger partial charge in [0.15, 0.2) is 0 Å². The third-order valence-corrected chi connectivity index (χ3v) is 4.28. The molecule has 0 spiro atoms. The molecule has 0 saturated heterocycles. The molecule has 0 radical (unpaired) electrons. The number of hydrogen-bond donors (Lipinski definition) is 0. The van der Waals surface area contributed by atoms with Crippen molar-refractivity contribution in [3.8, 4) is 5.69 Å². The third-order valence-electron chi connectivity index (χ3n) is 3.60. The van der Waals surface area contributed by atoms with Crippen LogP contribution in [0.3, 0.4) is 0 Å². The van der Waals surface area contributed by atoms with E-state index in [1.807, 2.05) is 0 Å². The first-order valence-corrected chi connectivity index (χ1v) is 8.23. The highest BCUT2D eigenvalue weighted by Gasteiger charge is 2.14. The second-order valence-corrected chi connectivity index (χ2v) is 6.52. The topological polar surface area (TPSA) is 17.8 Å². The van der Waals surface area contributed by atoms with Gasteiger partial charge in [0, 0.05) is 16.8 Å². The molecule has 21 heavy (non-hydrogen) atoms. The van der Waals surface area contributed by atoms with Crippen molar-refractivity contribution >= 4 is 38.6 Å². The highest BCUT2D eigenvalue weighted by molar-refractivity contribution is 9.10. The fraction of sp³-hybridized carbons (Fsp3) is 0.235. The molecule has 0 unspecified atom stereocenters. The van der Waals surface area contributed by atoms with Gasteiger partial charge in [-0.2, -0.15) is 0 Å². The standard InChI is InChI=1S/C17H16BrClN2/c1-11-3-5-14-16(9-11)21(17(20-14)7-8-19)15-6-4-13(18)10-12(15)2/h3-6,9-10H,7-8H2,1-2H3. The number of rotatable bonds is 3. The number of halogens is 2. The lowest BCUT2D eigenvalue weighted by molar-refractivity contribution is 0.906. The smallest absolute Gasteiger partial charge is 0.115 e. The quantitative estimate of drug-likeness (QED) is 0.586. The largest absolute Gasteiger partial charge is 0.296 e. The van der Waals surface area contributed by atoms with Crippen LogP contribution in [0.25, 0.3) is 16.7 Å². The maximum absolute atomic E-state index is 5.96. The van der Waals surface area contributed by atoms with Gasteiger partial charge < -0.3 is 0 Å². The lowest BCUT2D eigenvalue weighted by Gasteiger charge is -2.12. The van der Waals surface area contributed by atoms with Crippen LogP contribution in [0.2, 0.25) is 0 Å². The Bertz CT molecular complexity index is 808. The molecule has 0 aliphatic rings. The van der Waals surface area contributed by atoms with Crippen LogP contribution < -0.4 is 0 Å². The molecule has 4 heteroatoms. The molecule has 0 amide bonds. The van der Waals surface area contributed by atoms with E-state index in [1.165, 1.54) is 11.1 Å². The van der Waals surface area contributed by atoms with E-state index in [-0.39, 0.29) is 0 Å². The second kappa shape index (κ2) is 5.82. The van der Waals surface area contributed by atoms with Crippen LogP contribution >= 0.6 is 27.5 Å². The molecule has 2 nitrogen and oxygen atoms in total. The fourth-order valence-electron chi connectivity index (χ4n) is 2.63. The lowest BCUT2D eigenvalue weighted by atomic mass is 10.1. The summed E-state index contributed by atoms with van der Waals surface area (Å²) in [5.74, 6) is 1.58. The van der Waals surface area contributed by atoms with E-state index in [0.717, 1.165) is 33.4 Å². The van der Waals surface area contributed by atoms with Gasteiger partial charge in [0.2, 0.25) is 0 Å². The maximum atomic E-state index is 5.96. The van der Waals surface area contributed by atoms with Crippen LogP contribution in [0.15, 0.2) is 40.9 Å². The van der Waals surface area contributed by atoms with Crippen molar-refractivity contribution in [2.45, 2.75) is 20.3 Å². The zero-order valence-electron chi connectivity index (χ0n) is 12.0. The third kappa shape index (κ3) is 2.72. The Balaban J connectivity index is 2.32. The molecular weight excluding hydrogens is 348 g/mol. The molecule has 108 valence electrons. The predicted octanol–water partition coefficient (Wildman–Crippen LogP) is 5.19. The van der Waals surface area contributed by atoms with Gasteiger partial charge in [-0.3, -0.25) is 4.57 Å². The van der Waals surface area contributed by atoms with Crippen LogP contribution in [0, 0.1) is 13.8 Å². The molecule has 0 aliphatic carbocycles. The molecular formula is C17H16BrClN2. The number of nitrogens with zero attached hydrogens (tertiary/aromatic N) is 2. The highest BCUT2D eigenvalue weighted by Crippen LogP contribution is 2.27. The van der Waals surface area contributed by atoms with Gasteiger partial charge in [-0.05, 0) is 55.3 Å². The van der Waals surface area contributed by atoms with E-state index in [9.17, 15) is 0 Å². The molecule has 0 saturated carbocycles. The van der Waals surface area contributed by atoms with Gasteiger partial charge in [0.05, 0.1) is 16.7 Å². The maximum Gasteiger partial charge on any atom is 0.115 e. The summed E-state index contributed by atoms with van der Waals surface area (Å²) in [7, 11) is 0. The van der Waals surface area contributed by atoms with E-state index < -0.39 is 0 Å². The zero-order valence-corrected chi connectivity index (χ0v) is 14.4. The van der Waals surface area contributed by atoms with E-state index in [4.69, 9.17) is 16.6 Å². The summed E-state index contributed by atoms with van der Waals surface area (Å²) in [5.41, 5.74) is 5.76. The number of benzene rings is 2. The van der Waals surface area contributed by atoms with Crippen LogP contribution in [-0.4, -0.2) is 15.4 Å². The van der Waals surface area contributed by atoms with Gasteiger partial charge in [-0.1, -0.05) is 22.0 Å². The molecule has 1 heterocycles. The molecule has 3 rings (SSSR count). The molecule has 1 aromatic heterocycles. The summed E-state index contributed by atoms with van der Waals surface area (Å²) >= 11 is 9.48. The van der Waals surface area contributed by atoms with Crippen molar-refractivity contribution in [2.24, 2.45) is 0 Å². The normalized spacial score (nSPS) is 11.2. The summed E-state index contributed by atoms with van der Waals surface area (Å²) in [6, 6.07) is 12.7. The van der Waals surface area contributed by atoms with Crippen molar-refractivity contribution < 1.29 is 0 Å². The van der Waals surface area contributed by atoms with E-state index in [2.05, 4.69) is 70.7 Å². The summed E-state index contributed by atoms with van der Waals surface area (Å²) in [6.45, 7) is 4.22. The Kier molecular flexibility index (Phi) is 4.05. The number of hydrogen-bond acceptors (Lipinski definition) is 1. The van der Waals surface area contributed by atoms with Crippen molar-refractivity contribution in [1.29, 1.82) is 0 Å². The molecule has 0 fully saturated rings. The van der Waals surface area contributed by atoms with Gasteiger partial charge in [0.1, 0.15) is 5.82 Å². The molecule has 0 aliphatic heterocycles. The Morgan fingerprint density at radius 2 is 1.95 bits per heavy atom. The van der Waals surface area contributed by atoms with Crippen LogP contribution in [0.4, 0.5) is 0 Å². The Morgan fingerprint density at radius 3 is 2.67 bits per heavy atom. The summed E-state index contributed by atoms with van der Waals surface area (Å²) < 4.78 is 3.31. The average molecular weight is 364 g/mol. The van der Waals surface area contributed by atoms with Crippen molar-refractivity contribution in [1.82, 2.24) is 9.55 Å². The number of alkyl halides is 1. The van der Waals surface area contributed by atoms with Gasteiger partial charge in [-0.15, -0.1) is 11.6 Å². The molecule has 2 aromatic carbocycles. The summed E-state index contributed by atoms with van der Waals surface area (Å²) in [4.78, 5) is 4.75. The highest BCUT2D eigenvalue weighted by atomic mass is 79.9. The van der Waals surface area contributed by atoms with Gasteiger partial charge in [-0.25, -0.2) is 4.98 Å². The van der Waals surface area contributed by atoms with Gasteiger partial charge in [0.25, 0.3) is 0 Å². The zero-order chi connectivity index (χ0) is 15.0. The predicted molar refractivity (Wildman–Crippen MR) is 92.7 cm³/mol. The van der Waals surface area contributed by atoms with Crippen LogP contribution in [0.1, 0.15) is 17.0 Å². The van der Waals surface area contributed by atoms with E-state index >= 15 is 0 Å². The van der Waals surface area contributed by atoms with E-state index in [0.29, 0.717) is 5.88 Å². The number of aryl methyl sites for hydroxylation is 3. The molecule has 0 atom stereocenters. The number of aromatic nitrogens is 2. The SMILES string of the molecule is Cc1ccc2nc(CCCl)n(-c3ccc(Br)cc3C)c2c1. The molecule has 3 aromatic rings. The molecule has 0 bridgehead atoms. The minimum atomic E-state index is 0.567. The van der Waals surface area contributed by atoms with Crippen molar-refractivity contribution in [3.63, 3.8) is 0 Å². The Morgan fingerprint density at radius 1 is 1.14 bits per heavy atom. The minimum Gasteiger partial charge on any atom is -0.296 e. The Labute approximate surface area is 137 Å². The average Bonchev–Trinajstić information content (AvgIpc) is 2.77. The van der Waals surface area contributed by atoms with Crippen LogP contribution in [-0.2, 0) is 6.42 Å². The lowest BCUT2D eigenvalue weighted by Crippen LogP contribution is -2.04. The monoisotopic (exact) mass is 362 g/mol. The summed E-state index contributed by atoms with van der Waals surface area (Å²) in [6.07, 6.45) is 0.755. The Hall–Kier alpha value is -1.32. The van der Waals surface area contributed by atoms with Crippen LogP contribution in [0.5, 0.6) is 0 Å². The first-order chi connectivity index (χ1) is 10.1. The van der Waals surface area contributed by atoms with Gasteiger partial charge >= 0.3 is 0 Å². The number of fused-ring (bicyclic) bond motifs is 1. The van der Waals surface area contributed by atoms with E-state index in [1.54, 1.807) is 0 Å². The first-order valence-electron chi connectivity index (χ1n) is 6.90. The molecule has 0 N–H and O–H groups in total. The second-order valence-electron chi connectivity index (χ2n) is 5.23. The fourth-order valence-corrected chi connectivity index (χ4v) is 3.27. The first kappa shape index (κ1) is 14.6. The minimum absolute atomic E-state index is 0.567. The number of imidazole rings is 1. The van der Waals surface area contributed by atoms with Crippen molar-refractivity contribution in [2.75, 3.05) is 5.88 Å².